The maximum atomic E-state index is 12.1. The van der Waals surface area contributed by atoms with E-state index in [2.05, 4.69) is 10.9 Å². The number of rotatable bonds is 3. The molecule has 0 unspecified atom stereocenters. The molecule has 0 aliphatic heterocycles. The number of carbonyl (C=O) groups is 3. The third kappa shape index (κ3) is 3.63. The van der Waals surface area contributed by atoms with Crippen molar-refractivity contribution < 1.29 is 19.5 Å². The van der Waals surface area contributed by atoms with Crippen LogP contribution in [0.4, 0.5) is 0 Å². The van der Waals surface area contributed by atoms with E-state index < -0.39 is 29.6 Å². The highest BCUT2D eigenvalue weighted by Gasteiger charge is 2.35. The smallest absolute Gasteiger partial charge is 0.307 e. The first-order valence-corrected chi connectivity index (χ1v) is 7.39. The van der Waals surface area contributed by atoms with Crippen LogP contribution in [0.5, 0.6) is 0 Å². The molecule has 2 amide bonds. The number of carboxylic acids is 1. The molecular formula is C16H20N2O4. The molecule has 0 bridgehead atoms. The number of amides is 2. The minimum atomic E-state index is -0.954. The zero-order valence-corrected chi connectivity index (χ0v) is 12.5. The van der Waals surface area contributed by atoms with Gasteiger partial charge in [0.15, 0.2) is 0 Å². The molecule has 1 aliphatic rings. The molecule has 3 N–H and O–H groups in total. The first-order chi connectivity index (χ1) is 10.5. The van der Waals surface area contributed by atoms with Crippen LogP contribution in [0.2, 0.25) is 0 Å². The normalized spacial score (nSPS) is 21.0. The monoisotopic (exact) mass is 304 g/mol. The van der Waals surface area contributed by atoms with E-state index in [1.165, 1.54) is 0 Å². The lowest BCUT2D eigenvalue weighted by atomic mass is 9.79. The second-order valence-electron chi connectivity index (χ2n) is 5.59. The topological polar surface area (TPSA) is 95.5 Å². The lowest BCUT2D eigenvalue weighted by Gasteiger charge is -2.27. The van der Waals surface area contributed by atoms with Crippen LogP contribution in [0.1, 0.15) is 41.6 Å². The van der Waals surface area contributed by atoms with Crippen molar-refractivity contribution in [3.05, 3.63) is 35.4 Å². The summed E-state index contributed by atoms with van der Waals surface area (Å²) in [6.45, 7) is 1.80. The summed E-state index contributed by atoms with van der Waals surface area (Å²) < 4.78 is 0. The molecular weight excluding hydrogens is 284 g/mol. The van der Waals surface area contributed by atoms with Gasteiger partial charge >= 0.3 is 5.97 Å². The Kier molecular flexibility index (Phi) is 5.14. The van der Waals surface area contributed by atoms with Gasteiger partial charge in [-0.15, -0.1) is 0 Å². The van der Waals surface area contributed by atoms with Gasteiger partial charge in [-0.25, -0.2) is 0 Å². The average molecular weight is 304 g/mol. The van der Waals surface area contributed by atoms with E-state index >= 15 is 0 Å². The number of hydrogen-bond donors (Lipinski definition) is 3. The van der Waals surface area contributed by atoms with Gasteiger partial charge in [0.05, 0.1) is 11.8 Å². The van der Waals surface area contributed by atoms with E-state index in [0.29, 0.717) is 18.4 Å². The average Bonchev–Trinajstić information content (AvgIpc) is 2.52. The molecule has 1 aliphatic carbocycles. The number of nitrogens with one attached hydrogen (secondary N) is 2. The molecule has 0 radical (unpaired) electrons. The molecule has 0 heterocycles. The van der Waals surface area contributed by atoms with Crippen molar-refractivity contribution >= 4 is 17.8 Å². The molecule has 1 fully saturated rings. The van der Waals surface area contributed by atoms with E-state index in [1.54, 1.807) is 25.1 Å². The summed E-state index contributed by atoms with van der Waals surface area (Å²) >= 11 is 0. The molecule has 2 rings (SSSR count). The highest BCUT2D eigenvalue weighted by molar-refractivity contribution is 5.97. The van der Waals surface area contributed by atoms with Gasteiger partial charge in [-0.1, -0.05) is 31.0 Å². The van der Waals surface area contributed by atoms with E-state index in [9.17, 15) is 19.5 Å². The third-order valence-electron chi connectivity index (χ3n) is 4.11. The standard InChI is InChI=1S/C16H20N2O4/c1-10-6-2-3-7-11(10)14(19)17-18-15(20)12-8-4-5-9-13(12)16(21)22/h2-3,6-7,12-13H,4-5,8-9H2,1H3,(H,17,19)(H,18,20)(H,21,22)/t12-,13-/m0/s1. The summed E-state index contributed by atoms with van der Waals surface area (Å²) in [6.07, 6.45) is 2.67. The van der Waals surface area contributed by atoms with E-state index in [1.807, 2.05) is 6.07 Å². The molecule has 6 heteroatoms. The Bertz CT molecular complexity index is 585. The maximum Gasteiger partial charge on any atom is 0.307 e. The second-order valence-corrected chi connectivity index (χ2v) is 5.59. The van der Waals surface area contributed by atoms with Crippen LogP contribution in [0.15, 0.2) is 24.3 Å². The molecule has 22 heavy (non-hydrogen) atoms. The van der Waals surface area contributed by atoms with Gasteiger partial charge in [0, 0.05) is 5.56 Å². The van der Waals surface area contributed by atoms with Crippen LogP contribution >= 0.6 is 0 Å². The molecule has 6 nitrogen and oxygen atoms in total. The highest BCUT2D eigenvalue weighted by Crippen LogP contribution is 2.30. The highest BCUT2D eigenvalue weighted by atomic mass is 16.4. The SMILES string of the molecule is Cc1ccccc1C(=O)NNC(=O)[C@H]1CCCC[C@@H]1C(=O)O. The van der Waals surface area contributed by atoms with Crippen molar-refractivity contribution in [2.24, 2.45) is 11.8 Å². The number of hydrogen-bond acceptors (Lipinski definition) is 3. The van der Waals surface area contributed by atoms with Gasteiger partial charge in [-0.05, 0) is 31.4 Å². The fourth-order valence-corrected chi connectivity index (χ4v) is 2.85. The second kappa shape index (κ2) is 7.06. The number of hydrazine groups is 1. The van der Waals surface area contributed by atoms with Crippen LogP contribution in [0.3, 0.4) is 0 Å². The first kappa shape index (κ1) is 16.0. The first-order valence-electron chi connectivity index (χ1n) is 7.39. The van der Waals surface area contributed by atoms with Crippen molar-refractivity contribution in [1.29, 1.82) is 0 Å². The van der Waals surface area contributed by atoms with Crippen molar-refractivity contribution in [2.45, 2.75) is 32.6 Å². The minimum absolute atomic E-state index is 0.408. The molecule has 2 atom stereocenters. The molecule has 1 saturated carbocycles. The van der Waals surface area contributed by atoms with Gasteiger partial charge < -0.3 is 5.11 Å². The van der Waals surface area contributed by atoms with E-state index in [4.69, 9.17) is 0 Å². The number of benzene rings is 1. The Morgan fingerprint density at radius 3 is 2.32 bits per heavy atom. The summed E-state index contributed by atoms with van der Waals surface area (Å²) in [5.41, 5.74) is 6.00. The number of carbonyl (C=O) groups excluding carboxylic acids is 2. The zero-order valence-electron chi connectivity index (χ0n) is 12.5. The number of carboxylic acid groups (broad SMARTS) is 1. The van der Waals surface area contributed by atoms with Crippen LogP contribution in [-0.4, -0.2) is 22.9 Å². The number of aliphatic carboxylic acids is 1. The zero-order chi connectivity index (χ0) is 16.1. The quantitative estimate of drug-likeness (QED) is 0.740. The lowest BCUT2D eigenvalue weighted by Crippen LogP contribution is -2.48. The van der Waals surface area contributed by atoms with E-state index in [-0.39, 0.29) is 0 Å². The minimum Gasteiger partial charge on any atom is -0.481 e. The van der Waals surface area contributed by atoms with Crippen molar-refractivity contribution in [3.8, 4) is 0 Å². The number of aryl methyl sites for hydroxylation is 1. The Morgan fingerprint density at radius 1 is 1.05 bits per heavy atom. The van der Waals surface area contributed by atoms with Gasteiger partial charge in [0.25, 0.3) is 5.91 Å². The van der Waals surface area contributed by atoms with Gasteiger partial charge in [0.1, 0.15) is 0 Å². The van der Waals surface area contributed by atoms with Gasteiger partial charge in [-0.3, -0.25) is 25.2 Å². The van der Waals surface area contributed by atoms with Crippen molar-refractivity contribution in [3.63, 3.8) is 0 Å². The summed E-state index contributed by atoms with van der Waals surface area (Å²) in [5, 5.41) is 9.18. The lowest BCUT2D eigenvalue weighted by molar-refractivity contribution is -0.149. The molecule has 0 spiro atoms. The molecule has 1 aromatic carbocycles. The predicted molar refractivity (Wildman–Crippen MR) is 79.9 cm³/mol. The van der Waals surface area contributed by atoms with Crippen LogP contribution in [0.25, 0.3) is 0 Å². The fourth-order valence-electron chi connectivity index (χ4n) is 2.85. The van der Waals surface area contributed by atoms with Gasteiger partial charge in [-0.2, -0.15) is 0 Å². The summed E-state index contributed by atoms with van der Waals surface area (Å²) in [5.74, 6) is -3.07. The molecule has 0 aromatic heterocycles. The Labute approximate surface area is 128 Å². The van der Waals surface area contributed by atoms with Crippen molar-refractivity contribution in [2.75, 3.05) is 0 Å². The Balaban J connectivity index is 1.96. The van der Waals surface area contributed by atoms with Crippen LogP contribution in [0, 0.1) is 18.8 Å². The van der Waals surface area contributed by atoms with Gasteiger partial charge in [0.2, 0.25) is 5.91 Å². The Morgan fingerprint density at radius 2 is 1.68 bits per heavy atom. The third-order valence-corrected chi connectivity index (χ3v) is 4.11. The predicted octanol–water partition coefficient (Wildman–Crippen LogP) is 1.65. The molecule has 118 valence electrons. The molecule has 0 saturated heterocycles. The maximum absolute atomic E-state index is 12.1. The van der Waals surface area contributed by atoms with Crippen LogP contribution in [-0.2, 0) is 9.59 Å². The summed E-state index contributed by atoms with van der Waals surface area (Å²) in [6, 6.07) is 7.03. The van der Waals surface area contributed by atoms with Crippen molar-refractivity contribution in [1.82, 2.24) is 10.9 Å². The molecule has 1 aromatic rings. The fraction of sp³-hybridized carbons (Fsp3) is 0.438. The van der Waals surface area contributed by atoms with E-state index in [0.717, 1.165) is 18.4 Å². The summed E-state index contributed by atoms with van der Waals surface area (Å²) in [7, 11) is 0. The Hall–Kier alpha value is -2.37. The summed E-state index contributed by atoms with van der Waals surface area (Å²) in [4.78, 5) is 35.4. The van der Waals surface area contributed by atoms with Crippen LogP contribution < -0.4 is 10.9 Å². The largest absolute Gasteiger partial charge is 0.481 e.